The zero-order chi connectivity index (χ0) is 14.6. The van der Waals surface area contributed by atoms with Crippen LogP contribution in [0.1, 0.15) is 39.5 Å². The molecule has 0 aromatic carbocycles. The molecule has 0 heterocycles. The van der Waals surface area contributed by atoms with Crippen molar-refractivity contribution in [2.75, 3.05) is 6.61 Å². The topological polar surface area (TPSA) is 107 Å². The molecule has 0 saturated heterocycles. The number of aliphatic hydroxyl groups excluding tert-OH is 2. The largest absolute Gasteiger partial charge is 0.481 e. The molecule has 0 bridgehead atoms. The van der Waals surface area contributed by atoms with E-state index in [1.165, 1.54) is 0 Å². The minimum absolute atomic E-state index is 0.216. The highest BCUT2D eigenvalue weighted by atomic mass is 16.4. The van der Waals surface area contributed by atoms with Crippen molar-refractivity contribution in [3.8, 4) is 0 Å². The lowest BCUT2D eigenvalue weighted by molar-refractivity contribution is -0.144. The highest BCUT2D eigenvalue weighted by Gasteiger charge is 2.35. The first-order valence-corrected chi connectivity index (χ1v) is 6.60. The maximum Gasteiger partial charge on any atom is 0.306 e. The van der Waals surface area contributed by atoms with Gasteiger partial charge in [-0.3, -0.25) is 9.59 Å². The van der Waals surface area contributed by atoms with E-state index in [1.807, 2.05) is 0 Å². The van der Waals surface area contributed by atoms with E-state index in [1.54, 1.807) is 13.8 Å². The van der Waals surface area contributed by atoms with E-state index >= 15 is 0 Å². The smallest absolute Gasteiger partial charge is 0.306 e. The highest BCUT2D eigenvalue weighted by molar-refractivity contribution is 5.81. The summed E-state index contributed by atoms with van der Waals surface area (Å²) in [7, 11) is 0. The lowest BCUT2D eigenvalue weighted by atomic mass is 9.84. The Bertz CT molecular complexity index is 342. The normalized spacial score (nSPS) is 25.7. The van der Waals surface area contributed by atoms with Crippen LogP contribution in [-0.4, -0.2) is 45.9 Å². The fourth-order valence-electron chi connectivity index (χ4n) is 2.27. The van der Waals surface area contributed by atoms with Crippen molar-refractivity contribution >= 4 is 11.9 Å². The average Bonchev–Trinajstić information content (AvgIpc) is 2.38. The van der Waals surface area contributed by atoms with Gasteiger partial charge in [-0.2, -0.15) is 0 Å². The zero-order valence-corrected chi connectivity index (χ0v) is 11.4. The Kier molecular flexibility index (Phi) is 5.31. The van der Waals surface area contributed by atoms with E-state index in [2.05, 4.69) is 5.32 Å². The molecule has 1 aliphatic carbocycles. The van der Waals surface area contributed by atoms with Crippen molar-refractivity contribution in [1.29, 1.82) is 0 Å². The Morgan fingerprint density at radius 3 is 2.53 bits per heavy atom. The maximum absolute atomic E-state index is 11.9. The Hall–Kier alpha value is -1.14. The number of amides is 1. The lowest BCUT2D eigenvalue weighted by Crippen LogP contribution is -2.50. The van der Waals surface area contributed by atoms with Crippen LogP contribution in [-0.2, 0) is 9.59 Å². The molecule has 1 rings (SSSR count). The Morgan fingerprint density at radius 1 is 1.37 bits per heavy atom. The molecule has 3 atom stereocenters. The number of nitrogens with one attached hydrogen (secondary N) is 1. The molecule has 19 heavy (non-hydrogen) atoms. The predicted molar refractivity (Wildman–Crippen MR) is 68.4 cm³/mol. The number of carboxylic acids is 1. The molecule has 1 aliphatic rings. The van der Waals surface area contributed by atoms with Gasteiger partial charge in [0.05, 0.1) is 12.5 Å². The van der Waals surface area contributed by atoms with Crippen molar-refractivity contribution in [1.82, 2.24) is 5.32 Å². The van der Waals surface area contributed by atoms with Crippen LogP contribution >= 0.6 is 0 Å². The third kappa shape index (κ3) is 4.18. The number of hydrogen-bond acceptors (Lipinski definition) is 4. The van der Waals surface area contributed by atoms with E-state index < -0.39 is 29.3 Å². The number of aliphatic carboxylic acids is 1. The van der Waals surface area contributed by atoms with Crippen LogP contribution in [0.15, 0.2) is 0 Å². The van der Waals surface area contributed by atoms with Gasteiger partial charge in [0.15, 0.2) is 0 Å². The second-order valence-corrected chi connectivity index (χ2v) is 5.96. The number of aliphatic hydroxyl groups is 2. The fourth-order valence-corrected chi connectivity index (χ4v) is 2.27. The van der Waals surface area contributed by atoms with Gasteiger partial charge in [-0.05, 0) is 19.3 Å². The van der Waals surface area contributed by atoms with Gasteiger partial charge in [0.1, 0.15) is 6.10 Å². The highest BCUT2D eigenvalue weighted by Crippen LogP contribution is 2.25. The summed E-state index contributed by atoms with van der Waals surface area (Å²) in [5.74, 6) is -1.81. The Balaban J connectivity index is 2.55. The SMILES string of the molecule is CC(C)(CO)[C@H](O)C(=O)N[C@H]1CCC[C@@H](C(=O)O)C1. The number of hydrogen-bond donors (Lipinski definition) is 4. The van der Waals surface area contributed by atoms with E-state index in [4.69, 9.17) is 10.2 Å². The summed E-state index contributed by atoms with van der Waals surface area (Å²) in [5, 5.41) is 30.6. The molecule has 0 aliphatic heterocycles. The molecule has 1 saturated carbocycles. The Labute approximate surface area is 112 Å². The summed E-state index contributed by atoms with van der Waals surface area (Å²) in [6.07, 6.45) is 1.20. The number of rotatable bonds is 5. The van der Waals surface area contributed by atoms with Gasteiger partial charge in [0.25, 0.3) is 0 Å². The fraction of sp³-hybridized carbons (Fsp3) is 0.846. The van der Waals surface area contributed by atoms with E-state index in [0.717, 1.165) is 12.8 Å². The average molecular weight is 273 g/mol. The quantitative estimate of drug-likeness (QED) is 0.569. The maximum atomic E-state index is 11.9. The molecule has 1 fully saturated rings. The van der Waals surface area contributed by atoms with Crippen molar-refractivity contribution in [3.63, 3.8) is 0 Å². The molecule has 4 N–H and O–H groups in total. The first kappa shape index (κ1) is 15.9. The van der Waals surface area contributed by atoms with Crippen LogP contribution in [0.2, 0.25) is 0 Å². The summed E-state index contributed by atoms with van der Waals surface area (Å²) in [5.41, 5.74) is -0.912. The van der Waals surface area contributed by atoms with E-state index in [0.29, 0.717) is 12.8 Å². The van der Waals surface area contributed by atoms with Crippen LogP contribution in [0.3, 0.4) is 0 Å². The second kappa shape index (κ2) is 6.34. The second-order valence-electron chi connectivity index (χ2n) is 5.96. The van der Waals surface area contributed by atoms with Gasteiger partial charge in [0.2, 0.25) is 5.91 Å². The van der Waals surface area contributed by atoms with Gasteiger partial charge in [-0.25, -0.2) is 0 Å². The monoisotopic (exact) mass is 273 g/mol. The van der Waals surface area contributed by atoms with Crippen LogP contribution in [0.4, 0.5) is 0 Å². The molecule has 0 aromatic heterocycles. The van der Waals surface area contributed by atoms with E-state index in [-0.39, 0.29) is 12.6 Å². The van der Waals surface area contributed by atoms with Crippen molar-refractivity contribution in [2.45, 2.75) is 51.7 Å². The molecule has 0 aromatic rings. The summed E-state index contributed by atoms with van der Waals surface area (Å²) in [6, 6.07) is -0.216. The molecule has 6 nitrogen and oxygen atoms in total. The standard InChI is InChI=1S/C13H23NO5/c1-13(2,7-15)10(16)11(17)14-9-5-3-4-8(6-9)12(18)19/h8-10,15-16H,3-7H2,1-2H3,(H,14,17)(H,18,19)/t8-,9+,10-/m1/s1. The number of carbonyl (C=O) groups excluding carboxylic acids is 1. The molecule has 110 valence electrons. The van der Waals surface area contributed by atoms with Crippen molar-refractivity contribution in [3.05, 3.63) is 0 Å². The predicted octanol–water partition coefficient (Wildman–Crippen LogP) is 0.125. The third-order valence-electron chi connectivity index (χ3n) is 3.77. The molecule has 0 radical (unpaired) electrons. The van der Waals surface area contributed by atoms with E-state index in [9.17, 15) is 14.7 Å². The molecular weight excluding hydrogens is 250 g/mol. The van der Waals surface area contributed by atoms with Gasteiger partial charge in [-0.15, -0.1) is 0 Å². The first-order chi connectivity index (χ1) is 8.77. The van der Waals surface area contributed by atoms with Gasteiger partial charge in [0, 0.05) is 11.5 Å². The molecule has 0 unspecified atom stereocenters. The van der Waals surface area contributed by atoms with Crippen LogP contribution in [0, 0.1) is 11.3 Å². The van der Waals surface area contributed by atoms with Crippen LogP contribution in [0.25, 0.3) is 0 Å². The minimum Gasteiger partial charge on any atom is -0.481 e. The van der Waals surface area contributed by atoms with Gasteiger partial charge < -0.3 is 20.6 Å². The van der Waals surface area contributed by atoms with Gasteiger partial charge in [-0.1, -0.05) is 20.3 Å². The molecule has 6 heteroatoms. The van der Waals surface area contributed by atoms with Crippen molar-refractivity contribution in [2.24, 2.45) is 11.3 Å². The van der Waals surface area contributed by atoms with Crippen LogP contribution < -0.4 is 5.32 Å². The van der Waals surface area contributed by atoms with Gasteiger partial charge >= 0.3 is 5.97 Å². The first-order valence-electron chi connectivity index (χ1n) is 6.60. The summed E-state index contributed by atoms with van der Waals surface area (Å²) in [6.45, 7) is 2.89. The van der Waals surface area contributed by atoms with Crippen LogP contribution in [0.5, 0.6) is 0 Å². The summed E-state index contributed by atoms with van der Waals surface area (Å²) in [4.78, 5) is 22.8. The molecular formula is C13H23NO5. The number of carboxylic acid groups (broad SMARTS) is 1. The zero-order valence-electron chi connectivity index (χ0n) is 11.4. The third-order valence-corrected chi connectivity index (χ3v) is 3.77. The molecule has 1 amide bonds. The minimum atomic E-state index is -1.30. The Morgan fingerprint density at radius 2 is 2.00 bits per heavy atom. The van der Waals surface area contributed by atoms with Crippen molar-refractivity contribution < 1.29 is 24.9 Å². The summed E-state index contributed by atoms with van der Waals surface area (Å²) < 4.78 is 0. The summed E-state index contributed by atoms with van der Waals surface area (Å²) >= 11 is 0. The number of carbonyl (C=O) groups is 2. The lowest BCUT2D eigenvalue weighted by Gasteiger charge is -2.31. The molecule has 0 spiro atoms.